The summed E-state index contributed by atoms with van der Waals surface area (Å²) in [6.45, 7) is 3.41. The van der Waals surface area contributed by atoms with Crippen molar-refractivity contribution in [2.75, 3.05) is 28.4 Å². The summed E-state index contributed by atoms with van der Waals surface area (Å²) < 4.78 is 62.9. The molecule has 1 aromatic heterocycles. The van der Waals surface area contributed by atoms with Gasteiger partial charge in [0.05, 0.1) is 24.2 Å². The monoisotopic (exact) mass is 387 g/mol. The highest BCUT2D eigenvalue weighted by Gasteiger charge is 2.28. The third-order valence-corrected chi connectivity index (χ3v) is 6.47. The summed E-state index contributed by atoms with van der Waals surface area (Å²) >= 11 is 0. The molecule has 1 aliphatic rings. The van der Waals surface area contributed by atoms with Crippen LogP contribution in [0.1, 0.15) is 11.5 Å². The first kappa shape index (κ1) is 17.5. The van der Waals surface area contributed by atoms with E-state index in [-0.39, 0.29) is 40.9 Å². The maximum atomic E-state index is 12.6. The molecule has 3 rings (SSSR count). The van der Waals surface area contributed by atoms with Crippen LogP contribution in [-0.2, 0) is 20.0 Å². The van der Waals surface area contributed by atoms with E-state index in [0.29, 0.717) is 5.75 Å². The van der Waals surface area contributed by atoms with Crippen LogP contribution in [0.2, 0.25) is 0 Å². The highest BCUT2D eigenvalue weighted by molar-refractivity contribution is 7.93. The molecule has 0 saturated carbocycles. The first-order chi connectivity index (χ1) is 11.6. The van der Waals surface area contributed by atoms with Crippen LogP contribution in [0, 0.1) is 13.8 Å². The smallest absolute Gasteiger partial charge is 0.267 e. The molecule has 1 aromatic carbocycles. The zero-order valence-corrected chi connectivity index (χ0v) is 15.4. The highest BCUT2D eigenvalue weighted by atomic mass is 32.2. The standard InChI is InChI=1S/C14H17N3O6S2/c1-9-14(10(2)23-15-9)25(20,21)16-11-4-5-13-12(8-11)17(6-7-22-13)24(3,18)19/h4-5,8,16H,6-7H2,1-3H3. The normalized spacial score (nSPS) is 14.8. The number of sulfonamides is 2. The molecule has 0 spiro atoms. The molecule has 0 radical (unpaired) electrons. The van der Waals surface area contributed by atoms with Gasteiger partial charge >= 0.3 is 0 Å². The summed E-state index contributed by atoms with van der Waals surface area (Å²) in [4.78, 5) is -0.0403. The Balaban J connectivity index is 2.00. The van der Waals surface area contributed by atoms with Crippen molar-refractivity contribution in [1.82, 2.24) is 5.16 Å². The van der Waals surface area contributed by atoms with Gasteiger partial charge in [-0.05, 0) is 32.0 Å². The lowest BCUT2D eigenvalue weighted by molar-refractivity contribution is 0.316. The van der Waals surface area contributed by atoms with E-state index in [1.54, 1.807) is 0 Å². The van der Waals surface area contributed by atoms with E-state index in [1.807, 2.05) is 0 Å². The molecule has 0 aliphatic carbocycles. The molecular formula is C14H17N3O6S2. The lowest BCUT2D eigenvalue weighted by atomic mass is 10.2. The first-order valence-corrected chi connectivity index (χ1v) is 10.6. The molecule has 0 amide bonds. The van der Waals surface area contributed by atoms with Crippen LogP contribution in [-0.4, -0.2) is 41.4 Å². The van der Waals surface area contributed by atoms with Crippen molar-refractivity contribution in [3.63, 3.8) is 0 Å². The molecule has 2 heterocycles. The van der Waals surface area contributed by atoms with Crippen LogP contribution in [0.25, 0.3) is 0 Å². The van der Waals surface area contributed by atoms with Gasteiger partial charge in [-0.2, -0.15) is 0 Å². The second kappa shape index (κ2) is 5.92. The SMILES string of the molecule is Cc1noc(C)c1S(=O)(=O)Nc1ccc2c(c1)N(S(C)(=O)=O)CCO2. The molecule has 1 aliphatic heterocycles. The average Bonchev–Trinajstić information content (AvgIpc) is 2.85. The third-order valence-electron chi connectivity index (χ3n) is 3.67. The van der Waals surface area contributed by atoms with Gasteiger partial charge in [-0.15, -0.1) is 0 Å². The number of hydrogen-bond acceptors (Lipinski definition) is 7. The fourth-order valence-electron chi connectivity index (χ4n) is 2.67. The minimum absolute atomic E-state index is 0.0403. The molecular weight excluding hydrogens is 370 g/mol. The molecule has 9 nitrogen and oxygen atoms in total. The van der Waals surface area contributed by atoms with Crippen molar-refractivity contribution >= 4 is 31.4 Å². The van der Waals surface area contributed by atoms with Gasteiger partial charge in [-0.1, -0.05) is 5.16 Å². The van der Waals surface area contributed by atoms with Gasteiger partial charge in [0.1, 0.15) is 18.1 Å². The van der Waals surface area contributed by atoms with E-state index in [2.05, 4.69) is 9.88 Å². The number of hydrogen-bond donors (Lipinski definition) is 1. The summed E-state index contributed by atoms with van der Waals surface area (Å²) in [5.41, 5.74) is 0.731. The van der Waals surface area contributed by atoms with E-state index in [4.69, 9.17) is 9.26 Å². The number of aromatic nitrogens is 1. The van der Waals surface area contributed by atoms with E-state index < -0.39 is 20.0 Å². The molecule has 25 heavy (non-hydrogen) atoms. The van der Waals surface area contributed by atoms with Crippen molar-refractivity contribution < 1.29 is 26.1 Å². The molecule has 0 saturated heterocycles. The molecule has 0 unspecified atom stereocenters. The molecule has 11 heteroatoms. The number of anilines is 2. The van der Waals surface area contributed by atoms with Gasteiger partial charge in [0.15, 0.2) is 10.7 Å². The molecule has 0 atom stereocenters. The van der Waals surface area contributed by atoms with Crippen LogP contribution in [0.5, 0.6) is 5.75 Å². The number of ether oxygens (including phenoxy) is 1. The molecule has 1 N–H and O–H groups in total. The van der Waals surface area contributed by atoms with Crippen LogP contribution < -0.4 is 13.8 Å². The van der Waals surface area contributed by atoms with E-state index in [0.717, 1.165) is 6.26 Å². The zero-order valence-electron chi connectivity index (χ0n) is 13.8. The second-order valence-electron chi connectivity index (χ2n) is 5.62. The predicted octanol–water partition coefficient (Wildman–Crippen LogP) is 1.25. The number of aryl methyl sites for hydroxylation is 2. The average molecular weight is 387 g/mol. The summed E-state index contributed by atoms with van der Waals surface area (Å²) in [7, 11) is -7.43. The lowest BCUT2D eigenvalue weighted by Crippen LogP contribution is -2.37. The lowest BCUT2D eigenvalue weighted by Gasteiger charge is -2.29. The minimum Gasteiger partial charge on any atom is -0.489 e. The number of nitrogens with zero attached hydrogens (tertiary/aromatic N) is 2. The number of nitrogens with one attached hydrogen (secondary N) is 1. The summed E-state index contributed by atoms with van der Waals surface area (Å²) in [6, 6.07) is 4.45. The Kier molecular flexibility index (Phi) is 4.15. The number of fused-ring (bicyclic) bond motifs is 1. The number of rotatable bonds is 4. The zero-order chi connectivity index (χ0) is 18.4. The van der Waals surface area contributed by atoms with Crippen molar-refractivity contribution in [1.29, 1.82) is 0 Å². The summed E-state index contributed by atoms with van der Waals surface area (Å²) in [6.07, 6.45) is 1.09. The molecule has 2 aromatic rings. The highest BCUT2D eigenvalue weighted by Crippen LogP contribution is 2.36. The van der Waals surface area contributed by atoms with E-state index in [9.17, 15) is 16.8 Å². The van der Waals surface area contributed by atoms with Gasteiger partial charge in [0.2, 0.25) is 10.0 Å². The Morgan fingerprint density at radius 1 is 1.20 bits per heavy atom. The first-order valence-electron chi connectivity index (χ1n) is 7.30. The fraction of sp³-hybridized carbons (Fsp3) is 0.357. The van der Waals surface area contributed by atoms with Crippen molar-refractivity contribution in [2.24, 2.45) is 0 Å². The second-order valence-corrected chi connectivity index (χ2v) is 9.15. The van der Waals surface area contributed by atoms with Crippen molar-refractivity contribution in [3.8, 4) is 5.75 Å². The molecule has 0 bridgehead atoms. The van der Waals surface area contributed by atoms with Crippen LogP contribution in [0.15, 0.2) is 27.6 Å². The topological polar surface area (TPSA) is 119 Å². The Morgan fingerprint density at radius 3 is 2.52 bits per heavy atom. The largest absolute Gasteiger partial charge is 0.489 e. The van der Waals surface area contributed by atoms with Crippen LogP contribution in [0.3, 0.4) is 0 Å². The Morgan fingerprint density at radius 2 is 1.92 bits per heavy atom. The maximum absolute atomic E-state index is 12.6. The third kappa shape index (κ3) is 3.29. The van der Waals surface area contributed by atoms with Crippen LogP contribution in [0.4, 0.5) is 11.4 Å². The van der Waals surface area contributed by atoms with Gasteiger partial charge in [-0.3, -0.25) is 9.03 Å². The Hall–Kier alpha value is -2.27. The van der Waals surface area contributed by atoms with Crippen molar-refractivity contribution in [3.05, 3.63) is 29.7 Å². The van der Waals surface area contributed by atoms with Gasteiger partial charge in [0.25, 0.3) is 10.0 Å². The van der Waals surface area contributed by atoms with Crippen molar-refractivity contribution in [2.45, 2.75) is 18.7 Å². The minimum atomic E-state index is -3.93. The van der Waals surface area contributed by atoms with E-state index >= 15 is 0 Å². The van der Waals surface area contributed by atoms with Gasteiger partial charge in [0, 0.05) is 0 Å². The molecule has 0 fully saturated rings. The maximum Gasteiger partial charge on any atom is 0.267 e. The fourth-order valence-corrected chi connectivity index (χ4v) is 4.95. The summed E-state index contributed by atoms with van der Waals surface area (Å²) in [5.74, 6) is 0.543. The summed E-state index contributed by atoms with van der Waals surface area (Å²) in [5, 5.41) is 3.64. The predicted molar refractivity (Wildman–Crippen MR) is 90.9 cm³/mol. The van der Waals surface area contributed by atoms with Crippen LogP contribution >= 0.6 is 0 Å². The quantitative estimate of drug-likeness (QED) is 0.838. The Labute approximate surface area is 145 Å². The van der Waals surface area contributed by atoms with E-state index in [1.165, 1.54) is 36.4 Å². The molecule has 136 valence electrons. The Bertz CT molecular complexity index is 1010. The number of benzene rings is 1. The van der Waals surface area contributed by atoms with Gasteiger partial charge in [-0.25, -0.2) is 16.8 Å². The van der Waals surface area contributed by atoms with Gasteiger partial charge < -0.3 is 9.26 Å².